The fourth-order valence-electron chi connectivity index (χ4n) is 1.92. The van der Waals surface area contributed by atoms with Crippen molar-refractivity contribution in [1.29, 1.82) is 0 Å². The second-order valence-corrected chi connectivity index (χ2v) is 5.84. The molecule has 0 heterocycles. The van der Waals surface area contributed by atoms with E-state index in [1.807, 2.05) is 19.1 Å². The van der Waals surface area contributed by atoms with Gasteiger partial charge in [0.25, 0.3) is 0 Å². The molecular weight excluding hydrogens is 224 g/mol. The Hall–Kier alpha value is -1.38. The summed E-state index contributed by atoms with van der Waals surface area (Å²) in [5.41, 5.74) is 2.59. The monoisotopic (exact) mass is 240 g/mol. The molecule has 0 bridgehead atoms. The van der Waals surface area contributed by atoms with Crippen molar-refractivity contribution in [1.82, 2.24) is 0 Å². The van der Waals surface area contributed by atoms with Crippen LogP contribution in [0.2, 0.25) is 0 Å². The summed E-state index contributed by atoms with van der Waals surface area (Å²) in [7, 11) is 0.490. The molecule has 0 spiro atoms. The van der Waals surface area contributed by atoms with E-state index in [0.717, 1.165) is 0 Å². The number of aliphatic hydroxyl groups is 1. The van der Waals surface area contributed by atoms with Gasteiger partial charge < -0.3 is 5.11 Å². The van der Waals surface area contributed by atoms with Crippen LogP contribution in [0.5, 0.6) is 0 Å². The molecule has 86 valence electrons. The van der Waals surface area contributed by atoms with E-state index in [1.165, 1.54) is 11.1 Å². The van der Waals surface area contributed by atoms with E-state index in [2.05, 4.69) is 48.5 Å². The van der Waals surface area contributed by atoms with Gasteiger partial charge in [-0.1, -0.05) is 60.7 Å². The average Bonchev–Trinajstić information content (AvgIpc) is 2.38. The summed E-state index contributed by atoms with van der Waals surface area (Å²) in [6.07, 6.45) is 0. The predicted octanol–water partition coefficient (Wildman–Crippen LogP) is 2.82. The second-order valence-electron chi connectivity index (χ2n) is 4.10. The van der Waals surface area contributed by atoms with Gasteiger partial charge in [-0.15, -0.1) is 0 Å². The first kappa shape index (κ1) is 12.1. The van der Waals surface area contributed by atoms with E-state index in [9.17, 15) is 5.11 Å². The van der Waals surface area contributed by atoms with Crippen molar-refractivity contribution >= 4 is 9.52 Å². The topological polar surface area (TPSA) is 20.2 Å². The zero-order valence-electron chi connectivity index (χ0n) is 9.88. The molecule has 0 aromatic heterocycles. The smallest absolute Gasteiger partial charge is 0.0917 e. The van der Waals surface area contributed by atoms with Crippen LogP contribution in [-0.2, 0) is 0 Å². The van der Waals surface area contributed by atoms with E-state index in [0.29, 0.717) is 15.1 Å². The maximum atomic E-state index is 9.66. The van der Waals surface area contributed by atoms with Crippen molar-refractivity contribution < 1.29 is 5.11 Å². The van der Waals surface area contributed by atoms with Gasteiger partial charge in [-0.05, 0) is 18.1 Å². The van der Waals surface area contributed by atoms with Crippen molar-refractivity contribution in [3.8, 4) is 0 Å². The molecule has 2 aromatic rings. The molecule has 17 heavy (non-hydrogen) atoms. The molecule has 0 saturated heterocycles. The second kappa shape index (κ2) is 5.80. The third kappa shape index (κ3) is 3.28. The molecule has 1 N–H and O–H groups in total. The molecule has 2 rings (SSSR count). The fourth-order valence-corrected chi connectivity index (χ4v) is 3.17. The molecule has 0 amide bonds. The molecule has 1 atom stereocenters. The lowest BCUT2D eigenvalue weighted by atomic mass is 10.0. The Kier molecular flexibility index (Phi) is 4.12. The molecule has 1 nitrogen and oxygen atoms in total. The minimum atomic E-state index is -0.264. The largest absolute Gasteiger partial charge is 0.397 e. The minimum Gasteiger partial charge on any atom is -0.397 e. The zero-order chi connectivity index (χ0) is 12.1. The van der Waals surface area contributed by atoms with Crippen LogP contribution in [-0.4, -0.2) is 20.4 Å². The Labute approximate surface area is 105 Å². The van der Waals surface area contributed by atoms with Gasteiger partial charge in [0.15, 0.2) is 0 Å². The predicted molar refractivity (Wildman–Crippen MR) is 72.2 cm³/mol. The van der Waals surface area contributed by atoms with E-state index in [-0.39, 0.29) is 5.73 Å². The summed E-state index contributed by atoms with van der Waals surface area (Å²) in [6, 6.07) is 20.8. The molecular formula is C15H16OSi. The lowest BCUT2D eigenvalue weighted by molar-refractivity contribution is 0.271. The lowest BCUT2D eigenvalue weighted by Gasteiger charge is -2.18. The fraction of sp³-hybridized carbons (Fsp3) is 0.200. The minimum absolute atomic E-state index is 0.264. The van der Waals surface area contributed by atoms with Gasteiger partial charge >= 0.3 is 0 Å². The van der Waals surface area contributed by atoms with Crippen LogP contribution in [0.15, 0.2) is 60.7 Å². The zero-order valence-corrected chi connectivity index (χ0v) is 10.9. The highest BCUT2D eigenvalue weighted by Gasteiger charge is 2.16. The summed E-state index contributed by atoms with van der Waals surface area (Å²) in [5.74, 6) is 0. The molecule has 0 aliphatic rings. The normalized spacial score (nSPS) is 12.6. The Morgan fingerprint density at radius 1 is 0.824 bits per heavy atom. The lowest BCUT2D eigenvalue weighted by Crippen LogP contribution is -2.21. The van der Waals surface area contributed by atoms with Gasteiger partial charge in [0.05, 0.1) is 9.52 Å². The van der Waals surface area contributed by atoms with Crippen LogP contribution >= 0.6 is 0 Å². The highest BCUT2D eigenvalue weighted by Crippen LogP contribution is 2.23. The van der Waals surface area contributed by atoms with Crippen molar-refractivity contribution in [2.45, 2.75) is 18.2 Å². The standard InChI is InChI=1S/C15H16OSi/c1-12(16)17-15(13-8-4-2-5-9-13)14-10-6-3-7-11-14/h2-12,15-16H,1H3. The van der Waals surface area contributed by atoms with Crippen molar-refractivity contribution in [2.75, 3.05) is 0 Å². The van der Waals surface area contributed by atoms with Crippen LogP contribution in [0, 0.1) is 0 Å². The molecule has 0 aliphatic heterocycles. The summed E-state index contributed by atoms with van der Waals surface area (Å²) in [5, 5.41) is 9.66. The summed E-state index contributed by atoms with van der Waals surface area (Å²) < 4.78 is 0. The van der Waals surface area contributed by atoms with E-state index < -0.39 is 0 Å². The highest BCUT2D eigenvalue weighted by molar-refractivity contribution is 6.40. The molecule has 2 radical (unpaired) electrons. The van der Waals surface area contributed by atoms with Crippen LogP contribution in [0.25, 0.3) is 0 Å². The SMILES string of the molecule is CC(O)[Si]C(c1ccccc1)c1ccccc1. The number of aliphatic hydroxyl groups excluding tert-OH is 1. The van der Waals surface area contributed by atoms with Crippen molar-refractivity contribution in [2.24, 2.45) is 0 Å². The van der Waals surface area contributed by atoms with E-state index in [4.69, 9.17) is 0 Å². The maximum absolute atomic E-state index is 9.66. The molecule has 0 aliphatic carbocycles. The van der Waals surface area contributed by atoms with Gasteiger partial charge in [0.2, 0.25) is 0 Å². The van der Waals surface area contributed by atoms with Crippen molar-refractivity contribution in [3.05, 3.63) is 71.8 Å². The summed E-state index contributed by atoms with van der Waals surface area (Å²) in [4.78, 5) is 0. The number of benzene rings is 2. The molecule has 2 heteroatoms. The van der Waals surface area contributed by atoms with Crippen LogP contribution in [0.4, 0.5) is 0 Å². The average molecular weight is 240 g/mol. The third-order valence-electron chi connectivity index (χ3n) is 2.67. The van der Waals surface area contributed by atoms with Crippen LogP contribution in [0.1, 0.15) is 23.6 Å². The van der Waals surface area contributed by atoms with Crippen LogP contribution < -0.4 is 0 Å². The first-order valence-corrected chi connectivity index (χ1v) is 6.97. The van der Waals surface area contributed by atoms with Gasteiger partial charge in [0, 0.05) is 11.3 Å². The summed E-state index contributed by atoms with van der Waals surface area (Å²) in [6.45, 7) is 1.86. The van der Waals surface area contributed by atoms with Gasteiger partial charge in [-0.2, -0.15) is 0 Å². The highest BCUT2D eigenvalue weighted by atomic mass is 28.2. The van der Waals surface area contributed by atoms with Gasteiger partial charge in [-0.25, -0.2) is 0 Å². The van der Waals surface area contributed by atoms with E-state index in [1.54, 1.807) is 0 Å². The van der Waals surface area contributed by atoms with E-state index >= 15 is 0 Å². The maximum Gasteiger partial charge on any atom is 0.0917 e. The van der Waals surface area contributed by atoms with Crippen LogP contribution in [0.3, 0.4) is 0 Å². The first-order chi connectivity index (χ1) is 8.27. The Bertz CT molecular complexity index is 399. The molecule has 0 fully saturated rings. The van der Waals surface area contributed by atoms with Crippen molar-refractivity contribution in [3.63, 3.8) is 0 Å². The third-order valence-corrected chi connectivity index (χ3v) is 4.16. The quantitative estimate of drug-likeness (QED) is 0.815. The first-order valence-electron chi connectivity index (χ1n) is 5.81. The Morgan fingerprint density at radius 2 is 1.24 bits per heavy atom. The molecule has 0 saturated carbocycles. The molecule has 2 aromatic carbocycles. The van der Waals surface area contributed by atoms with Gasteiger partial charge in [-0.3, -0.25) is 0 Å². The van der Waals surface area contributed by atoms with Gasteiger partial charge in [0.1, 0.15) is 0 Å². The summed E-state index contributed by atoms with van der Waals surface area (Å²) >= 11 is 0. The Morgan fingerprint density at radius 3 is 1.59 bits per heavy atom. The Balaban J connectivity index is 2.32. The number of hydrogen-bond acceptors (Lipinski definition) is 1. The molecule has 1 unspecified atom stereocenters. The number of hydrogen-bond donors (Lipinski definition) is 1. The number of rotatable bonds is 4.